The minimum absolute atomic E-state index is 0.0641. The molecule has 0 saturated heterocycles. The van der Waals surface area contributed by atoms with Crippen LogP contribution < -0.4 is 19.3 Å². The van der Waals surface area contributed by atoms with Crippen molar-refractivity contribution in [2.24, 2.45) is 5.41 Å². The number of amides is 2. The molecular weight excluding hydrogens is 667 g/mol. The number of hydrogen-bond acceptors (Lipinski definition) is 7. The van der Waals surface area contributed by atoms with E-state index in [1.807, 2.05) is 20.8 Å². The summed E-state index contributed by atoms with van der Waals surface area (Å²) in [7, 11) is 0. The molecule has 2 amide bonds. The van der Waals surface area contributed by atoms with Gasteiger partial charge < -0.3 is 18.9 Å². The Morgan fingerprint density at radius 3 is 1.69 bits per heavy atom. The highest BCUT2D eigenvalue weighted by Crippen LogP contribution is 2.32. The van der Waals surface area contributed by atoms with Crippen molar-refractivity contribution in [2.75, 3.05) is 43.1 Å². The third-order valence-electron chi connectivity index (χ3n) is 5.73. The highest BCUT2D eigenvalue weighted by molar-refractivity contribution is 6.02. The summed E-state index contributed by atoms with van der Waals surface area (Å²) < 4.78 is 138. The minimum Gasteiger partial charge on any atom is -0.468 e. The number of anilines is 2. The molecule has 0 spiro atoms. The summed E-state index contributed by atoms with van der Waals surface area (Å²) in [5.41, 5.74) is -0.948. The van der Waals surface area contributed by atoms with Gasteiger partial charge in [0.25, 0.3) is 0 Å². The molecule has 2 aromatic carbocycles. The van der Waals surface area contributed by atoms with E-state index in [1.165, 1.54) is 0 Å². The molecule has 264 valence electrons. The van der Waals surface area contributed by atoms with Gasteiger partial charge in [-0.1, -0.05) is 51.1 Å². The molecule has 0 fully saturated rings. The third-order valence-corrected chi connectivity index (χ3v) is 5.73. The first kappa shape index (κ1) is 38.1. The lowest BCUT2D eigenvalue weighted by Crippen LogP contribution is -2.46. The highest BCUT2D eigenvalue weighted by atomic mass is 19.4. The molecule has 0 aliphatic heterocycles. The number of alkyl halides is 9. The van der Waals surface area contributed by atoms with Gasteiger partial charge in [0.15, 0.2) is 13.2 Å². The Bertz CT molecular complexity index is 1430. The molecular formula is C30H31F9N4O5. The fourth-order valence-corrected chi connectivity index (χ4v) is 3.66. The van der Waals surface area contributed by atoms with Crippen LogP contribution in [0.3, 0.4) is 0 Å². The number of rotatable bonds is 13. The summed E-state index contributed by atoms with van der Waals surface area (Å²) in [5, 5.41) is 0. The lowest BCUT2D eigenvalue weighted by molar-refractivity contribution is -0.154. The van der Waals surface area contributed by atoms with Crippen molar-refractivity contribution in [3.05, 3.63) is 71.8 Å². The summed E-state index contributed by atoms with van der Waals surface area (Å²) in [6.45, 7) is 0.251. The van der Waals surface area contributed by atoms with Crippen LogP contribution in [0.5, 0.6) is 11.8 Å². The number of urea groups is 1. The molecule has 1 aromatic heterocycles. The zero-order valence-corrected chi connectivity index (χ0v) is 25.7. The first-order chi connectivity index (χ1) is 22.2. The van der Waals surface area contributed by atoms with Gasteiger partial charge in [0.2, 0.25) is 17.7 Å². The van der Waals surface area contributed by atoms with Crippen LogP contribution in [0.15, 0.2) is 60.7 Å². The van der Waals surface area contributed by atoms with E-state index < -0.39 is 79.9 Å². The smallest absolute Gasteiger partial charge is 0.422 e. The van der Waals surface area contributed by atoms with Crippen molar-refractivity contribution in [1.29, 1.82) is 0 Å². The van der Waals surface area contributed by atoms with Gasteiger partial charge in [-0.2, -0.15) is 49.5 Å². The predicted molar refractivity (Wildman–Crippen MR) is 153 cm³/mol. The average molecular weight is 699 g/mol. The van der Waals surface area contributed by atoms with E-state index in [1.54, 1.807) is 30.3 Å². The molecule has 9 nitrogen and oxygen atoms in total. The third kappa shape index (κ3) is 13.1. The fraction of sp³-hybridized carbons (Fsp3) is 0.433. The quantitative estimate of drug-likeness (QED) is 0.132. The Labute approximate surface area is 269 Å². The van der Waals surface area contributed by atoms with E-state index in [4.69, 9.17) is 9.47 Å². The lowest BCUT2D eigenvalue weighted by Gasteiger charge is -2.30. The topological polar surface area (TPSA) is 86.3 Å². The van der Waals surface area contributed by atoms with Crippen molar-refractivity contribution in [2.45, 2.75) is 45.9 Å². The van der Waals surface area contributed by atoms with Gasteiger partial charge in [-0.25, -0.2) is 9.69 Å². The summed E-state index contributed by atoms with van der Waals surface area (Å²) >= 11 is 0. The number of ether oxygens (including phenoxy) is 4. The van der Waals surface area contributed by atoms with Gasteiger partial charge in [-0.15, -0.1) is 0 Å². The maximum Gasteiger partial charge on any atom is 0.422 e. The first-order valence-corrected chi connectivity index (χ1v) is 13.9. The molecule has 1 heterocycles. The van der Waals surface area contributed by atoms with Gasteiger partial charge in [0.1, 0.15) is 13.5 Å². The number of carbonyl (C=O) groups is 1. The number of aromatic nitrogens is 2. The van der Waals surface area contributed by atoms with E-state index in [0.29, 0.717) is 28.7 Å². The highest BCUT2D eigenvalue weighted by Gasteiger charge is 2.34. The molecule has 0 aliphatic rings. The van der Waals surface area contributed by atoms with Crippen molar-refractivity contribution >= 4 is 17.7 Å². The average Bonchev–Trinajstić information content (AvgIpc) is 2.98. The van der Waals surface area contributed by atoms with Crippen molar-refractivity contribution in [3.8, 4) is 11.8 Å². The zero-order valence-electron chi connectivity index (χ0n) is 25.7. The molecule has 0 N–H and O–H groups in total. The second kappa shape index (κ2) is 15.7. The molecule has 0 aliphatic carbocycles. The Balaban J connectivity index is 2.08. The Kier molecular flexibility index (Phi) is 12.5. The van der Waals surface area contributed by atoms with E-state index >= 15 is 0 Å². The van der Waals surface area contributed by atoms with Crippen LogP contribution in [-0.2, 0) is 22.3 Å². The van der Waals surface area contributed by atoms with Gasteiger partial charge in [-0.05, 0) is 35.2 Å². The summed E-state index contributed by atoms with van der Waals surface area (Å²) in [5.74, 6) is -2.61. The molecule has 0 radical (unpaired) electrons. The second-order valence-electron chi connectivity index (χ2n) is 11.3. The summed E-state index contributed by atoms with van der Waals surface area (Å²) in [6, 6.07) is 11.3. The normalized spacial score (nSPS) is 12.5. The van der Waals surface area contributed by atoms with E-state index in [0.717, 1.165) is 17.0 Å². The van der Waals surface area contributed by atoms with Crippen LogP contribution in [-0.4, -0.2) is 61.6 Å². The monoisotopic (exact) mass is 698 g/mol. The Morgan fingerprint density at radius 2 is 1.21 bits per heavy atom. The van der Waals surface area contributed by atoms with E-state index in [2.05, 4.69) is 19.4 Å². The summed E-state index contributed by atoms with van der Waals surface area (Å²) in [4.78, 5) is 23.2. The largest absolute Gasteiger partial charge is 0.468 e. The number of hydrogen-bond donors (Lipinski definition) is 0. The van der Waals surface area contributed by atoms with Crippen molar-refractivity contribution < 1.29 is 63.3 Å². The molecule has 48 heavy (non-hydrogen) atoms. The number of nitrogens with zero attached hydrogens (tertiary/aromatic N) is 4. The van der Waals surface area contributed by atoms with Gasteiger partial charge in [0.05, 0.1) is 24.8 Å². The van der Waals surface area contributed by atoms with Crippen LogP contribution in [0.25, 0.3) is 0 Å². The van der Waals surface area contributed by atoms with Crippen LogP contribution >= 0.6 is 0 Å². The second-order valence-corrected chi connectivity index (χ2v) is 11.3. The van der Waals surface area contributed by atoms with Crippen LogP contribution in [0, 0.1) is 5.41 Å². The number of halogens is 9. The lowest BCUT2D eigenvalue weighted by atomic mass is 9.99. The van der Waals surface area contributed by atoms with Crippen molar-refractivity contribution in [1.82, 2.24) is 9.97 Å². The van der Waals surface area contributed by atoms with E-state index in [-0.39, 0.29) is 18.9 Å². The van der Waals surface area contributed by atoms with Crippen LogP contribution in [0.4, 0.5) is 55.9 Å². The number of carbonyl (C=O) groups excluding carboxylic acids is 1. The van der Waals surface area contributed by atoms with E-state index in [9.17, 15) is 44.3 Å². The first-order valence-electron chi connectivity index (χ1n) is 13.9. The molecule has 0 unspecified atom stereocenters. The molecule has 3 aromatic rings. The predicted octanol–water partition coefficient (Wildman–Crippen LogP) is 8.01. The molecule has 0 saturated carbocycles. The van der Waals surface area contributed by atoms with Gasteiger partial charge in [-0.3, -0.25) is 4.90 Å². The number of benzene rings is 2. The van der Waals surface area contributed by atoms with Gasteiger partial charge in [0, 0.05) is 5.69 Å². The molecule has 18 heteroatoms. The Hall–Kier alpha value is -4.32. The summed E-state index contributed by atoms with van der Waals surface area (Å²) in [6.07, 6.45) is -14.5. The molecule has 0 atom stereocenters. The standard InChI is InChI=1S/C30H31F9N4O5/c1-27(2,3)15-46-18-42(22-11-9-21(10-12-22)30(37,38)39)26(44)43(19-45-14-20-7-5-4-6-8-20)25-40-23(47-16-28(31,32)33)13-24(41-25)48-17-29(34,35)36/h4-13H,14-19H2,1-3H3. The Morgan fingerprint density at radius 1 is 0.688 bits per heavy atom. The molecule has 0 bridgehead atoms. The van der Waals surface area contributed by atoms with Crippen molar-refractivity contribution in [3.63, 3.8) is 0 Å². The van der Waals surface area contributed by atoms with Crippen LogP contribution in [0.1, 0.15) is 31.9 Å². The maximum atomic E-state index is 14.1. The molecule has 3 rings (SSSR count). The maximum absolute atomic E-state index is 14.1. The zero-order chi connectivity index (χ0) is 35.8. The van der Waals surface area contributed by atoms with Crippen LogP contribution in [0.2, 0.25) is 0 Å². The minimum atomic E-state index is -4.88. The van der Waals surface area contributed by atoms with Gasteiger partial charge >= 0.3 is 24.6 Å². The fourth-order valence-electron chi connectivity index (χ4n) is 3.66. The SMILES string of the molecule is CC(C)(C)COCN(C(=O)N(COCc1ccccc1)c1nc(OCC(F)(F)F)cc(OCC(F)(F)F)n1)c1ccc(C(F)(F)F)cc1.